The van der Waals surface area contributed by atoms with Crippen molar-refractivity contribution < 1.29 is 9.18 Å². The van der Waals surface area contributed by atoms with Gasteiger partial charge in [-0.15, -0.1) is 0 Å². The fourth-order valence-corrected chi connectivity index (χ4v) is 2.81. The number of hydrogen-bond acceptors (Lipinski definition) is 2. The molecule has 1 aromatic carbocycles. The summed E-state index contributed by atoms with van der Waals surface area (Å²) in [5.74, 6) is -0.545. The van der Waals surface area contributed by atoms with Crippen molar-refractivity contribution in [1.82, 2.24) is 10.2 Å². The van der Waals surface area contributed by atoms with Crippen molar-refractivity contribution in [2.45, 2.75) is 32.2 Å². The molecule has 1 aliphatic heterocycles. The molecule has 20 heavy (non-hydrogen) atoms. The lowest BCUT2D eigenvalue weighted by Gasteiger charge is -2.26. The molecule has 1 aliphatic rings. The van der Waals surface area contributed by atoms with E-state index in [1.165, 1.54) is 18.2 Å². The molecule has 1 unspecified atom stereocenters. The topological polar surface area (TPSA) is 32.3 Å². The van der Waals surface area contributed by atoms with Crippen molar-refractivity contribution in [2.75, 3.05) is 19.6 Å². The molecule has 1 heterocycles. The summed E-state index contributed by atoms with van der Waals surface area (Å²) in [6.45, 7) is 4.41. The molecule has 1 aromatic rings. The van der Waals surface area contributed by atoms with Gasteiger partial charge >= 0.3 is 0 Å². The van der Waals surface area contributed by atoms with Crippen LogP contribution >= 0.6 is 11.6 Å². The van der Waals surface area contributed by atoms with Crippen molar-refractivity contribution in [3.05, 3.63) is 34.6 Å². The number of halogens is 2. The minimum atomic E-state index is -0.425. The number of benzene rings is 1. The zero-order valence-corrected chi connectivity index (χ0v) is 12.4. The van der Waals surface area contributed by atoms with Crippen molar-refractivity contribution in [1.29, 1.82) is 0 Å². The number of carbonyl (C=O) groups excluding carboxylic acids is 1. The van der Waals surface area contributed by atoms with E-state index < -0.39 is 5.82 Å². The van der Waals surface area contributed by atoms with Crippen LogP contribution in [0, 0.1) is 5.82 Å². The molecular formula is C15H20ClFN2O. The summed E-state index contributed by atoms with van der Waals surface area (Å²) in [5, 5.41) is 3.57. The molecule has 0 radical (unpaired) electrons. The number of nitrogens with one attached hydrogen (secondary N) is 1. The van der Waals surface area contributed by atoms with Crippen LogP contribution in [-0.2, 0) is 0 Å². The number of carbonyl (C=O) groups is 1. The molecule has 1 atom stereocenters. The second kappa shape index (κ2) is 7.04. The van der Waals surface area contributed by atoms with Gasteiger partial charge in [-0.3, -0.25) is 4.79 Å². The van der Waals surface area contributed by atoms with E-state index in [1.807, 2.05) is 11.8 Å². The van der Waals surface area contributed by atoms with Crippen LogP contribution in [0.4, 0.5) is 4.39 Å². The smallest absolute Gasteiger partial charge is 0.255 e. The van der Waals surface area contributed by atoms with E-state index in [2.05, 4.69) is 5.32 Å². The molecular weight excluding hydrogens is 279 g/mol. The summed E-state index contributed by atoms with van der Waals surface area (Å²) >= 11 is 5.98. The molecule has 0 spiro atoms. The molecule has 5 heteroatoms. The maximum Gasteiger partial charge on any atom is 0.255 e. The summed E-state index contributed by atoms with van der Waals surface area (Å²) in [7, 11) is 0. The van der Waals surface area contributed by atoms with E-state index >= 15 is 0 Å². The maximum atomic E-state index is 13.1. The van der Waals surface area contributed by atoms with Crippen LogP contribution in [0.15, 0.2) is 18.2 Å². The van der Waals surface area contributed by atoms with Gasteiger partial charge in [-0.2, -0.15) is 0 Å². The highest BCUT2D eigenvalue weighted by atomic mass is 35.5. The second-order valence-electron chi connectivity index (χ2n) is 5.17. The van der Waals surface area contributed by atoms with Crippen molar-refractivity contribution in [2.24, 2.45) is 0 Å². The third-order valence-corrected chi connectivity index (χ3v) is 3.86. The predicted octanol–water partition coefficient (Wildman–Crippen LogP) is 3.08. The Hall–Kier alpha value is -1.13. The third kappa shape index (κ3) is 3.70. The number of amides is 1. The van der Waals surface area contributed by atoms with E-state index in [-0.39, 0.29) is 10.9 Å². The highest BCUT2D eigenvalue weighted by Gasteiger charge is 2.23. The molecule has 1 saturated heterocycles. The molecule has 1 N–H and O–H groups in total. The minimum absolute atomic E-state index is 0.120. The predicted molar refractivity (Wildman–Crippen MR) is 78.6 cm³/mol. The van der Waals surface area contributed by atoms with Gasteiger partial charge in [-0.05, 0) is 44.0 Å². The number of rotatable bonds is 5. The SMILES string of the molecule is CCCN(CC1CCCN1)C(=O)c1ccc(F)cc1Cl. The standard InChI is InChI=1S/C15H20ClFN2O/c1-2-8-19(10-12-4-3-7-18-12)15(20)13-6-5-11(17)9-14(13)16/h5-6,9,12,18H,2-4,7-8,10H2,1H3. The van der Waals surface area contributed by atoms with Gasteiger partial charge in [-0.1, -0.05) is 18.5 Å². The van der Waals surface area contributed by atoms with Crippen LogP contribution < -0.4 is 5.32 Å². The highest BCUT2D eigenvalue weighted by Crippen LogP contribution is 2.20. The number of hydrogen-bond donors (Lipinski definition) is 1. The van der Waals surface area contributed by atoms with E-state index in [0.29, 0.717) is 24.7 Å². The molecule has 1 fully saturated rings. The Balaban J connectivity index is 2.12. The van der Waals surface area contributed by atoms with Gasteiger partial charge in [0, 0.05) is 19.1 Å². The number of nitrogens with zero attached hydrogens (tertiary/aromatic N) is 1. The molecule has 0 bridgehead atoms. The van der Waals surface area contributed by atoms with Gasteiger partial charge in [0.1, 0.15) is 5.82 Å². The lowest BCUT2D eigenvalue weighted by Crippen LogP contribution is -2.41. The summed E-state index contributed by atoms with van der Waals surface area (Å²) in [6, 6.07) is 4.28. The third-order valence-electron chi connectivity index (χ3n) is 3.55. The van der Waals surface area contributed by atoms with E-state index in [4.69, 9.17) is 11.6 Å². The molecule has 0 aromatic heterocycles. The van der Waals surface area contributed by atoms with E-state index in [1.54, 1.807) is 0 Å². The molecule has 0 aliphatic carbocycles. The van der Waals surface area contributed by atoms with Crippen LogP contribution in [0.2, 0.25) is 5.02 Å². The van der Waals surface area contributed by atoms with Crippen LogP contribution in [0.1, 0.15) is 36.5 Å². The largest absolute Gasteiger partial charge is 0.337 e. The van der Waals surface area contributed by atoms with Gasteiger partial charge in [0.2, 0.25) is 0 Å². The Morgan fingerprint density at radius 1 is 1.55 bits per heavy atom. The Morgan fingerprint density at radius 3 is 2.95 bits per heavy atom. The Kier molecular flexibility index (Phi) is 5.38. The lowest BCUT2D eigenvalue weighted by atomic mass is 10.1. The Morgan fingerprint density at radius 2 is 2.35 bits per heavy atom. The highest BCUT2D eigenvalue weighted by molar-refractivity contribution is 6.33. The zero-order valence-electron chi connectivity index (χ0n) is 11.7. The van der Waals surface area contributed by atoms with Gasteiger partial charge in [-0.25, -0.2) is 4.39 Å². The first-order valence-corrected chi connectivity index (χ1v) is 7.47. The molecule has 0 saturated carbocycles. The van der Waals surface area contributed by atoms with Gasteiger partial charge in [0.15, 0.2) is 0 Å². The maximum absolute atomic E-state index is 13.1. The quantitative estimate of drug-likeness (QED) is 0.906. The van der Waals surface area contributed by atoms with Gasteiger partial charge in [0.25, 0.3) is 5.91 Å². The van der Waals surface area contributed by atoms with Crippen LogP contribution in [0.25, 0.3) is 0 Å². The fourth-order valence-electron chi connectivity index (χ4n) is 2.56. The molecule has 1 amide bonds. The Labute approximate surface area is 124 Å². The minimum Gasteiger partial charge on any atom is -0.337 e. The summed E-state index contributed by atoms with van der Waals surface area (Å²) in [6.07, 6.45) is 3.12. The lowest BCUT2D eigenvalue weighted by molar-refractivity contribution is 0.0742. The average molecular weight is 299 g/mol. The summed E-state index contributed by atoms with van der Waals surface area (Å²) in [5.41, 5.74) is 0.375. The monoisotopic (exact) mass is 298 g/mol. The Bertz CT molecular complexity index is 475. The molecule has 110 valence electrons. The van der Waals surface area contributed by atoms with Crippen LogP contribution in [0.5, 0.6) is 0 Å². The van der Waals surface area contributed by atoms with Gasteiger partial charge < -0.3 is 10.2 Å². The molecule has 2 rings (SSSR count). The average Bonchev–Trinajstić information content (AvgIpc) is 2.90. The summed E-state index contributed by atoms with van der Waals surface area (Å²) < 4.78 is 13.1. The normalized spacial score (nSPS) is 18.2. The fraction of sp³-hybridized carbons (Fsp3) is 0.533. The second-order valence-corrected chi connectivity index (χ2v) is 5.58. The van der Waals surface area contributed by atoms with Crippen LogP contribution in [0.3, 0.4) is 0 Å². The van der Waals surface area contributed by atoms with E-state index in [0.717, 1.165) is 25.8 Å². The van der Waals surface area contributed by atoms with Crippen molar-refractivity contribution in [3.8, 4) is 0 Å². The van der Waals surface area contributed by atoms with Gasteiger partial charge in [0.05, 0.1) is 10.6 Å². The van der Waals surface area contributed by atoms with Crippen molar-refractivity contribution >= 4 is 17.5 Å². The zero-order chi connectivity index (χ0) is 14.5. The van der Waals surface area contributed by atoms with Crippen molar-refractivity contribution in [3.63, 3.8) is 0 Å². The summed E-state index contributed by atoms with van der Waals surface area (Å²) in [4.78, 5) is 14.4. The first kappa shape index (κ1) is 15.3. The van der Waals surface area contributed by atoms with Crippen LogP contribution in [-0.4, -0.2) is 36.5 Å². The first-order chi connectivity index (χ1) is 9.61. The molecule has 3 nitrogen and oxygen atoms in total. The van der Waals surface area contributed by atoms with E-state index in [9.17, 15) is 9.18 Å². The first-order valence-electron chi connectivity index (χ1n) is 7.09.